The van der Waals surface area contributed by atoms with Gasteiger partial charge in [-0.2, -0.15) is 5.26 Å². The maximum absolute atomic E-state index is 14.3. The summed E-state index contributed by atoms with van der Waals surface area (Å²) in [5.74, 6) is 0.534. The standard InChI is InChI=1S/C38H36IN3O9S/c1-6-47-29-18-26(13-14-28(29)50-21-32(43)46-5)34-33(37(45)49-8-3)22(4)41-38-42(34)36(44)31(52-38)17-25-15-27(39)35(30(16-25)48-7-2)51-20-24-11-9-23(19-40)10-12-24/h9-18,34H,6-8,20-21H2,1-5H3/b31-17+/t34-/m0/s1. The van der Waals surface area contributed by atoms with Crippen LogP contribution in [0.25, 0.3) is 6.08 Å². The van der Waals surface area contributed by atoms with Gasteiger partial charge < -0.3 is 28.4 Å². The molecule has 0 spiro atoms. The second-order valence-electron chi connectivity index (χ2n) is 11.2. The molecule has 0 bridgehead atoms. The number of carbonyl (C=O) groups excluding carboxylic acids is 2. The third kappa shape index (κ3) is 8.48. The molecule has 14 heteroatoms. The van der Waals surface area contributed by atoms with Crippen molar-refractivity contribution in [3.05, 3.63) is 111 Å². The lowest BCUT2D eigenvalue weighted by molar-refractivity contribution is -0.143. The fraction of sp³-hybridized carbons (Fsp3) is 0.289. The first-order valence-corrected chi connectivity index (χ1v) is 18.3. The quantitative estimate of drug-likeness (QED) is 0.123. The number of hydrogen-bond acceptors (Lipinski definition) is 12. The van der Waals surface area contributed by atoms with Gasteiger partial charge in [-0.05, 0) is 109 Å². The highest BCUT2D eigenvalue weighted by atomic mass is 127. The van der Waals surface area contributed by atoms with E-state index in [0.29, 0.717) is 67.9 Å². The molecule has 5 rings (SSSR count). The molecule has 2 heterocycles. The molecule has 3 aromatic carbocycles. The minimum atomic E-state index is -0.900. The van der Waals surface area contributed by atoms with Gasteiger partial charge in [0.05, 0.1) is 64.0 Å². The summed E-state index contributed by atoms with van der Waals surface area (Å²) in [7, 11) is 1.27. The van der Waals surface area contributed by atoms with E-state index < -0.39 is 18.0 Å². The highest BCUT2D eigenvalue weighted by Crippen LogP contribution is 2.37. The first-order valence-electron chi connectivity index (χ1n) is 16.4. The van der Waals surface area contributed by atoms with Crippen LogP contribution in [0.2, 0.25) is 0 Å². The SMILES string of the molecule is CCOC(=O)C1=C(C)N=c2s/c(=C/c3cc(I)c(OCc4ccc(C#N)cc4)c(OCC)c3)c(=O)n2[C@H]1c1ccc(OCC(=O)OC)c(OCC)c1. The molecule has 1 aromatic heterocycles. The number of rotatable bonds is 14. The molecular formula is C38H36IN3O9S. The van der Waals surface area contributed by atoms with Gasteiger partial charge in [-0.25, -0.2) is 14.6 Å². The third-order valence-electron chi connectivity index (χ3n) is 7.77. The van der Waals surface area contributed by atoms with Crippen LogP contribution >= 0.6 is 33.9 Å². The van der Waals surface area contributed by atoms with Crippen LogP contribution < -0.4 is 33.8 Å². The van der Waals surface area contributed by atoms with E-state index in [1.807, 2.05) is 31.2 Å². The second-order valence-corrected chi connectivity index (χ2v) is 13.3. The summed E-state index contributed by atoms with van der Waals surface area (Å²) in [6, 6.07) is 17.1. The number of esters is 2. The van der Waals surface area contributed by atoms with Crippen LogP contribution in [0.3, 0.4) is 0 Å². The first kappa shape index (κ1) is 38.1. The van der Waals surface area contributed by atoms with E-state index in [0.717, 1.165) is 9.13 Å². The van der Waals surface area contributed by atoms with Crippen LogP contribution in [-0.4, -0.2) is 50.0 Å². The number of allylic oxidation sites excluding steroid dienone is 1. The summed E-state index contributed by atoms with van der Waals surface area (Å²) in [5.41, 5.74) is 2.98. The lowest BCUT2D eigenvalue weighted by Crippen LogP contribution is -2.40. The number of thiazole rings is 1. The minimum absolute atomic E-state index is 0.130. The molecule has 0 saturated heterocycles. The van der Waals surface area contributed by atoms with Gasteiger partial charge in [0.2, 0.25) is 0 Å². The van der Waals surface area contributed by atoms with Crippen molar-refractivity contribution < 1.29 is 38.0 Å². The zero-order valence-corrected chi connectivity index (χ0v) is 32.2. The van der Waals surface area contributed by atoms with E-state index in [1.165, 1.54) is 23.0 Å². The number of fused-ring (bicyclic) bond motifs is 1. The number of methoxy groups -OCH3 is 1. The molecule has 0 aliphatic carbocycles. The number of nitrogens with zero attached hydrogens (tertiary/aromatic N) is 3. The predicted octanol–water partition coefficient (Wildman–Crippen LogP) is 5.20. The van der Waals surface area contributed by atoms with Gasteiger partial charge >= 0.3 is 11.9 Å². The fourth-order valence-electron chi connectivity index (χ4n) is 5.44. The van der Waals surface area contributed by atoms with Gasteiger partial charge in [-0.1, -0.05) is 29.5 Å². The summed E-state index contributed by atoms with van der Waals surface area (Å²) in [6.07, 6.45) is 1.76. The van der Waals surface area contributed by atoms with Gasteiger partial charge in [-0.3, -0.25) is 9.36 Å². The van der Waals surface area contributed by atoms with Crippen LogP contribution in [0.4, 0.5) is 0 Å². The van der Waals surface area contributed by atoms with E-state index in [2.05, 4.69) is 33.7 Å². The number of carbonyl (C=O) groups is 2. The molecule has 1 atom stereocenters. The maximum Gasteiger partial charge on any atom is 0.343 e. The average Bonchev–Trinajstić information content (AvgIpc) is 3.43. The Kier molecular flexibility index (Phi) is 12.7. The number of ether oxygens (including phenoxy) is 6. The number of nitriles is 1. The molecular weight excluding hydrogens is 801 g/mol. The molecule has 0 unspecified atom stereocenters. The minimum Gasteiger partial charge on any atom is -0.490 e. The zero-order valence-electron chi connectivity index (χ0n) is 29.2. The third-order valence-corrected chi connectivity index (χ3v) is 9.55. The van der Waals surface area contributed by atoms with E-state index in [4.69, 9.17) is 33.7 Å². The van der Waals surface area contributed by atoms with Crippen LogP contribution in [0.5, 0.6) is 23.0 Å². The van der Waals surface area contributed by atoms with Crippen LogP contribution in [0.15, 0.2) is 75.7 Å². The van der Waals surface area contributed by atoms with Crippen molar-refractivity contribution in [2.45, 2.75) is 40.3 Å². The van der Waals surface area contributed by atoms with Crippen LogP contribution in [-0.2, 0) is 25.7 Å². The number of hydrogen-bond donors (Lipinski definition) is 0. The lowest BCUT2D eigenvalue weighted by atomic mass is 9.95. The van der Waals surface area contributed by atoms with Gasteiger partial charge in [-0.15, -0.1) is 0 Å². The Labute approximate surface area is 317 Å². The normalized spacial score (nSPS) is 13.8. The number of aromatic nitrogens is 1. The van der Waals surface area contributed by atoms with Crippen molar-refractivity contribution in [3.8, 4) is 29.1 Å². The highest BCUT2D eigenvalue weighted by Gasteiger charge is 2.34. The molecule has 0 radical (unpaired) electrons. The van der Waals surface area contributed by atoms with Crippen molar-refractivity contribution >= 4 is 51.9 Å². The summed E-state index contributed by atoms with van der Waals surface area (Å²) >= 11 is 3.37. The average molecular weight is 838 g/mol. The molecule has 12 nitrogen and oxygen atoms in total. The van der Waals surface area contributed by atoms with Crippen molar-refractivity contribution in [2.75, 3.05) is 33.5 Å². The van der Waals surface area contributed by atoms with Crippen LogP contribution in [0, 0.1) is 14.9 Å². The van der Waals surface area contributed by atoms with Crippen LogP contribution in [0.1, 0.15) is 56.0 Å². The highest BCUT2D eigenvalue weighted by molar-refractivity contribution is 14.1. The smallest absolute Gasteiger partial charge is 0.343 e. The second kappa shape index (κ2) is 17.4. The summed E-state index contributed by atoms with van der Waals surface area (Å²) < 4.78 is 36.4. The Hall–Kier alpha value is -5.14. The molecule has 270 valence electrons. The Morgan fingerprint density at radius 2 is 1.69 bits per heavy atom. The fourth-order valence-corrected chi connectivity index (χ4v) is 7.27. The van der Waals surface area contributed by atoms with E-state index in [1.54, 1.807) is 57.2 Å². The van der Waals surface area contributed by atoms with E-state index in [-0.39, 0.29) is 31.0 Å². The van der Waals surface area contributed by atoms with E-state index in [9.17, 15) is 14.4 Å². The molecule has 4 aromatic rings. The molecule has 1 aliphatic rings. The van der Waals surface area contributed by atoms with Crippen molar-refractivity contribution in [1.29, 1.82) is 5.26 Å². The molecule has 0 amide bonds. The topological polar surface area (TPSA) is 148 Å². The predicted molar refractivity (Wildman–Crippen MR) is 201 cm³/mol. The van der Waals surface area contributed by atoms with Crippen molar-refractivity contribution in [1.82, 2.24) is 4.57 Å². The monoisotopic (exact) mass is 837 g/mol. The lowest BCUT2D eigenvalue weighted by Gasteiger charge is -2.25. The summed E-state index contributed by atoms with van der Waals surface area (Å²) in [4.78, 5) is 44.6. The summed E-state index contributed by atoms with van der Waals surface area (Å²) in [6.45, 7) is 7.86. The van der Waals surface area contributed by atoms with Crippen molar-refractivity contribution in [3.63, 3.8) is 0 Å². The molecule has 0 saturated carbocycles. The zero-order chi connectivity index (χ0) is 37.4. The number of benzene rings is 3. The molecule has 0 N–H and O–H groups in total. The number of halogens is 1. The van der Waals surface area contributed by atoms with Crippen molar-refractivity contribution in [2.24, 2.45) is 4.99 Å². The Morgan fingerprint density at radius 3 is 2.37 bits per heavy atom. The first-order chi connectivity index (χ1) is 25.1. The molecule has 0 fully saturated rings. The van der Waals surface area contributed by atoms with Gasteiger partial charge in [0.25, 0.3) is 5.56 Å². The molecule has 52 heavy (non-hydrogen) atoms. The largest absolute Gasteiger partial charge is 0.490 e. The Bertz CT molecular complexity index is 2240. The van der Waals surface area contributed by atoms with Gasteiger partial charge in [0.15, 0.2) is 34.4 Å². The van der Waals surface area contributed by atoms with Gasteiger partial charge in [0, 0.05) is 0 Å². The Balaban J connectivity index is 1.58. The summed E-state index contributed by atoms with van der Waals surface area (Å²) in [5, 5.41) is 9.10. The van der Waals surface area contributed by atoms with Gasteiger partial charge in [0.1, 0.15) is 6.61 Å². The maximum atomic E-state index is 14.3. The Morgan fingerprint density at radius 1 is 0.962 bits per heavy atom. The molecule has 1 aliphatic heterocycles. The van der Waals surface area contributed by atoms with E-state index >= 15 is 0 Å².